The molecule has 0 bridgehead atoms. The van der Waals surface area contributed by atoms with Crippen molar-refractivity contribution in [2.75, 3.05) is 0 Å². The quantitative estimate of drug-likeness (QED) is 0.477. The van der Waals surface area contributed by atoms with Gasteiger partial charge in [-0.05, 0) is 25.0 Å². The van der Waals surface area contributed by atoms with Crippen LogP contribution in [0, 0.1) is 10.1 Å². The first kappa shape index (κ1) is 13.5. The summed E-state index contributed by atoms with van der Waals surface area (Å²) in [6.07, 6.45) is 10.2. The first-order valence-corrected chi connectivity index (χ1v) is 6.31. The van der Waals surface area contributed by atoms with E-state index in [-0.39, 0.29) is 10.7 Å². The second-order valence-corrected chi connectivity index (χ2v) is 4.75. The highest BCUT2D eigenvalue weighted by Gasteiger charge is 2.37. The summed E-state index contributed by atoms with van der Waals surface area (Å²) in [5.74, 6) is -0.213. The fourth-order valence-electron chi connectivity index (χ4n) is 2.47. The minimum atomic E-state index is -0.784. The number of rotatable bonds is 3. The lowest BCUT2D eigenvalue weighted by Gasteiger charge is -2.30. The third-order valence-corrected chi connectivity index (χ3v) is 3.49. The summed E-state index contributed by atoms with van der Waals surface area (Å²) < 4.78 is 0. The number of hydrogen-bond acceptors (Lipinski definition) is 5. The van der Waals surface area contributed by atoms with Crippen molar-refractivity contribution in [2.24, 2.45) is 0 Å². The van der Waals surface area contributed by atoms with E-state index >= 15 is 0 Å². The predicted molar refractivity (Wildman–Crippen MR) is 68.0 cm³/mol. The average molecular weight is 264 g/mol. The topological polar surface area (TPSA) is 83.7 Å². The fraction of sp³-hybridized carbons (Fsp3) is 0.462. The van der Waals surface area contributed by atoms with E-state index in [2.05, 4.69) is 0 Å². The monoisotopic (exact) mass is 264 g/mol. The van der Waals surface area contributed by atoms with Gasteiger partial charge in [0.25, 0.3) is 0 Å². The maximum atomic E-state index is 11.5. The lowest BCUT2D eigenvalue weighted by Crippen LogP contribution is -2.45. The van der Waals surface area contributed by atoms with Crippen molar-refractivity contribution in [3.8, 4) is 0 Å². The van der Waals surface area contributed by atoms with E-state index in [1.807, 2.05) is 0 Å². The van der Waals surface area contributed by atoms with Gasteiger partial charge in [0.05, 0.1) is 0 Å². The molecular formula is C13H16N2O4. The van der Waals surface area contributed by atoms with Gasteiger partial charge in [-0.25, -0.2) is 0 Å². The zero-order valence-corrected chi connectivity index (χ0v) is 10.4. The normalized spacial score (nSPS) is 28.7. The Morgan fingerprint density at radius 3 is 2.68 bits per heavy atom. The molecule has 2 aliphatic carbocycles. The summed E-state index contributed by atoms with van der Waals surface area (Å²) in [7, 11) is 0. The molecule has 0 radical (unpaired) electrons. The zero-order valence-electron chi connectivity index (χ0n) is 10.4. The summed E-state index contributed by atoms with van der Waals surface area (Å²) in [6, 6.07) is -1.35. The largest absolute Gasteiger partial charge is 0.289 e. The Kier molecular flexibility index (Phi) is 4.11. The van der Waals surface area contributed by atoms with E-state index < -0.39 is 12.1 Å². The van der Waals surface area contributed by atoms with Gasteiger partial charge < -0.3 is 0 Å². The molecule has 2 unspecified atom stereocenters. The molecule has 0 saturated heterocycles. The molecule has 19 heavy (non-hydrogen) atoms. The Morgan fingerprint density at radius 1 is 1.32 bits per heavy atom. The van der Waals surface area contributed by atoms with E-state index in [0.29, 0.717) is 18.4 Å². The molecule has 1 N–H and O–H groups in total. The maximum absolute atomic E-state index is 11.5. The van der Waals surface area contributed by atoms with Gasteiger partial charge >= 0.3 is 0 Å². The molecule has 6 nitrogen and oxygen atoms in total. The van der Waals surface area contributed by atoms with E-state index in [1.54, 1.807) is 18.2 Å². The van der Waals surface area contributed by atoms with Crippen molar-refractivity contribution in [1.82, 2.24) is 5.06 Å². The summed E-state index contributed by atoms with van der Waals surface area (Å²) in [5.41, 5.74) is 0.331. The molecule has 0 aromatic carbocycles. The second-order valence-electron chi connectivity index (χ2n) is 4.75. The van der Waals surface area contributed by atoms with Crippen molar-refractivity contribution in [2.45, 2.75) is 37.8 Å². The highest BCUT2D eigenvalue weighted by molar-refractivity contribution is 6.07. The molecule has 102 valence electrons. The Labute approximate surface area is 110 Å². The van der Waals surface area contributed by atoms with Gasteiger partial charge in [-0.15, -0.1) is 0 Å². The molecule has 0 heterocycles. The van der Waals surface area contributed by atoms with E-state index in [1.165, 1.54) is 12.3 Å². The van der Waals surface area contributed by atoms with Crippen LogP contribution in [-0.2, 0) is 4.79 Å². The van der Waals surface area contributed by atoms with Crippen molar-refractivity contribution < 1.29 is 14.9 Å². The van der Waals surface area contributed by atoms with Gasteiger partial charge in [-0.3, -0.25) is 25.2 Å². The van der Waals surface area contributed by atoms with Gasteiger partial charge in [-0.2, -0.15) is 0 Å². The Hall–Kier alpha value is -1.95. The molecule has 0 aromatic rings. The van der Waals surface area contributed by atoms with Crippen LogP contribution >= 0.6 is 0 Å². The molecule has 0 amide bonds. The number of hydrogen-bond donors (Lipinski definition) is 1. The number of allylic oxidation sites excluding steroid dienone is 5. The maximum Gasteiger partial charge on any atom is 0.235 e. The fourth-order valence-corrected chi connectivity index (χ4v) is 2.47. The van der Waals surface area contributed by atoms with Gasteiger partial charge in [0.1, 0.15) is 6.04 Å². The number of carbonyl (C=O) groups excluding carboxylic acids is 1. The van der Waals surface area contributed by atoms with Crippen LogP contribution in [0.5, 0.6) is 0 Å². The van der Waals surface area contributed by atoms with E-state index in [9.17, 15) is 20.1 Å². The Morgan fingerprint density at radius 2 is 2.00 bits per heavy atom. The van der Waals surface area contributed by atoms with Crippen LogP contribution in [0.3, 0.4) is 0 Å². The van der Waals surface area contributed by atoms with Crippen LogP contribution in [0.15, 0.2) is 36.1 Å². The first-order valence-electron chi connectivity index (χ1n) is 6.31. The molecular weight excluding hydrogens is 248 g/mol. The molecule has 2 rings (SSSR count). The average Bonchev–Trinajstić information content (AvgIpc) is 2.41. The van der Waals surface area contributed by atoms with E-state index in [4.69, 9.17) is 0 Å². The number of carbonyl (C=O) groups is 1. The van der Waals surface area contributed by atoms with Crippen LogP contribution in [-0.4, -0.2) is 33.1 Å². The standard InChI is InChI=1S/C13H16N2O4/c16-13-8-4-1-5-10(13)9-14(17)11-6-2-3-7-12(11)15(18)19/h1,4-5,8-9,11-12,17H,2-3,6-7H2/b10-9-. The molecule has 6 heteroatoms. The molecule has 0 spiro atoms. The van der Waals surface area contributed by atoms with Crippen LogP contribution in [0.4, 0.5) is 0 Å². The summed E-state index contributed by atoms with van der Waals surface area (Å²) in [5, 5.41) is 21.8. The molecule has 2 aliphatic rings. The van der Waals surface area contributed by atoms with Crippen LogP contribution in [0.2, 0.25) is 0 Å². The number of ketones is 1. The smallest absolute Gasteiger partial charge is 0.235 e. The minimum absolute atomic E-state index is 0.213. The SMILES string of the molecule is O=C1C=CC=C/C1=C/N(O)C1CCCCC1[N+](=O)[O-]. The highest BCUT2D eigenvalue weighted by Crippen LogP contribution is 2.25. The molecule has 1 fully saturated rings. The van der Waals surface area contributed by atoms with Gasteiger partial charge in [0.2, 0.25) is 6.04 Å². The number of hydroxylamine groups is 2. The van der Waals surface area contributed by atoms with Gasteiger partial charge in [0.15, 0.2) is 5.78 Å². The van der Waals surface area contributed by atoms with Gasteiger partial charge in [-0.1, -0.05) is 18.6 Å². The second kappa shape index (κ2) is 5.79. The Balaban J connectivity index is 2.13. The van der Waals surface area contributed by atoms with E-state index in [0.717, 1.165) is 17.9 Å². The highest BCUT2D eigenvalue weighted by atomic mass is 16.6. The molecule has 0 aromatic heterocycles. The molecule has 0 aliphatic heterocycles. The summed E-state index contributed by atoms with van der Waals surface area (Å²) in [6.45, 7) is 0. The van der Waals surface area contributed by atoms with Crippen LogP contribution in [0.25, 0.3) is 0 Å². The first-order chi connectivity index (χ1) is 9.09. The van der Waals surface area contributed by atoms with Crippen molar-refractivity contribution in [3.63, 3.8) is 0 Å². The third kappa shape index (κ3) is 3.08. The summed E-state index contributed by atoms with van der Waals surface area (Å²) >= 11 is 0. The van der Waals surface area contributed by atoms with Crippen LogP contribution in [0.1, 0.15) is 25.7 Å². The summed E-state index contributed by atoms with van der Waals surface area (Å²) in [4.78, 5) is 22.2. The number of nitrogens with zero attached hydrogens (tertiary/aromatic N) is 2. The minimum Gasteiger partial charge on any atom is -0.289 e. The lowest BCUT2D eigenvalue weighted by atomic mass is 9.90. The zero-order chi connectivity index (χ0) is 13.8. The predicted octanol–water partition coefficient (Wildman–Crippen LogP) is 1.84. The van der Waals surface area contributed by atoms with Crippen molar-refractivity contribution >= 4 is 5.78 Å². The van der Waals surface area contributed by atoms with Gasteiger partial charge in [0, 0.05) is 23.1 Å². The lowest BCUT2D eigenvalue weighted by molar-refractivity contribution is -0.537. The number of nitro groups is 1. The molecule has 1 saturated carbocycles. The van der Waals surface area contributed by atoms with Crippen molar-refractivity contribution in [3.05, 3.63) is 46.2 Å². The Bertz CT molecular complexity index is 467. The van der Waals surface area contributed by atoms with Crippen LogP contribution < -0.4 is 0 Å². The van der Waals surface area contributed by atoms with Crippen molar-refractivity contribution in [1.29, 1.82) is 0 Å². The third-order valence-electron chi connectivity index (χ3n) is 3.49. The molecule has 2 atom stereocenters.